The van der Waals surface area contributed by atoms with Gasteiger partial charge in [-0.2, -0.15) is 4.31 Å². The van der Waals surface area contributed by atoms with E-state index in [1.165, 1.54) is 0 Å². The Balaban J connectivity index is 1.39. The molecule has 1 saturated heterocycles. The monoisotopic (exact) mass is 390 g/mol. The van der Waals surface area contributed by atoms with Gasteiger partial charge >= 0.3 is 0 Å². The van der Waals surface area contributed by atoms with Gasteiger partial charge in [-0.25, -0.2) is 17.8 Å². The summed E-state index contributed by atoms with van der Waals surface area (Å²) in [5, 5.41) is 0. The van der Waals surface area contributed by atoms with Crippen LogP contribution in [0.1, 0.15) is 11.5 Å². The van der Waals surface area contributed by atoms with Crippen molar-refractivity contribution >= 4 is 21.1 Å². The topological polar surface area (TPSA) is 72.6 Å². The van der Waals surface area contributed by atoms with E-state index >= 15 is 0 Å². The second-order valence-electron chi connectivity index (χ2n) is 6.50. The van der Waals surface area contributed by atoms with Crippen LogP contribution in [0.4, 0.5) is 4.39 Å². The number of para-hydroxylation sites is 2. The van der Waals surface area contributed by atoms with Crippen LogP contribution in [0, 0.1) is 0 Å². The predicted octanol–water partition coefficient (Wildman–Crippen LogP) is 2.90. The summed E-state index contributed by atoms with van der Waals surface area (Å²) in [5.41, 5.74) is 2.00. The van der Waals surface area contributed by atoms with Crippen LogP contribution in [0.5, 0.6) is 0 Å². The maximum absolute atomic E-state index is 14.3. The summed E-state index contributed by atoms with van der Waals surface area (Å²) in [7, 11) is -3.61. The molecule has 0 amide bonds. The Morgan fingerprint density at radius 1 is 1.11 bits per heavy atom. The molecule has 6 nitrogen and oxygen atoms in total. The molecule has 0 radical (unpaired) electrons. The third-order valence-corrected chi connectivity index (χ3v) is 6.29. The van der Waals surface area contributed by atoms with E-state index in [0.29, 0.717) is 22.6 Å². The second-order valence-corrected chi connectivity index (χ2v) is 8.47. The predicted molar refractivity (Wildman–Crippen MR) is 98.1 cm³/mol. The van der Waals surface area contributed by atoms with E-state index in [1.54, 1.807) is 30.3 Å². The van der Waals surface area contributed by atoms with Crippen molar-refractivity contribution in [3.05, 3.63) is 66.1 Å². The van der Waals surface area contributed by atoms with Crippen molar-refractivity contribution in [2.24, 2.45) is 0 Å². The van der Waals surface area contributed by atoms with E-state index in [4.69, 9.17) is 9.15 Å². The number of rotatable bonds is 6. The molecule has 4 rings (SSSR count). The van der Waals surface area contributed by atoms with Crippen LogP contribution in [0.2, 0.25) is 0 Å². The van der Waals surface area contributed by atoms with Crippen LogP contribution in [0.3, 0.4) is 0 Å². The molecule has 2 heterocycles. The number of benzene rings is 2. The number of sulfonamides is 1. The van der Waals surface area contributed by atoms with E-state index < -0.39 is 22.3 Å². The Bertz CT molecular complexity index is 989. The summed E-state index contributed by atoms with van der Waals surface area (Å²) < 4.78 is 51.7. The molecule has 1 fully saturated rings. The number of hydrogen-bond donors (Lipinski definition) is 0. The summed E-state index contributed by atoms with van der Waals surface area (Å²) in [6.07, 6.45) is -2.23. The van der Waals surface area contributed by atoms with Gasteiger partial charge in [0, 0.05) is 13.1 Å². The zero-order valence-corrected chi connectivity index (χ0v) is 15.3. The summed E-state index contributed by atoms with van der Waals surface area (Å²) >= 11 is 0. The molecular formula is C19H19FN2O4S. The number of aromatic nitrogens is 1. The molecule has 2 aromatic carbocycles. The van der Waals surface area contributed by atoms with Gasteiger partial charge in [-0.15, -0.1) is 0 Å². The van der Waals surface area contributed by atoms with E-state index in [1.807, 2.05) is 24.3 Å². The molecule has 1 aliphatic heterocycles. The lowest BCUT2D eigenvalue weighted by molar-refractivity contribution is 0.00381. The van der Waals surface area contributed by atoms with Crippen molar-refractivity contribution < 1.29 is 22.0 Å². The van der Waals surface area contributed by atoms with Crippen LogP contribution in [-0.4, -0.2) is 43.1 Å². The molecule has 2 unspecified atom stereocenters. The first-order valence-corrected chi connectivity index (χ1v) is 10.2. The average molecular weight is 390 g/mol. The Morgan fingerprint density at radius 3 is 2.63 bits per heavy atom. The van der Waals surface area contributed by atoms with Crippen molar-refractivity contribution in [2.45, 2.75) is 24.6 Å². The fraction of sp³-hybridized carbons (Fsp3) is 0.316. The molecule has 0 N–H and O–H groups in total. The molecule has 0 saturated carbocycles. The molecule has 27 heavy (non-hydrogen) atoms. The highest BCUT2D eigenvalue weighted by atomic mass is 32.2. The van der Waals surface area contributed by atoms with Gasteiger partial charge in [0.1, 0.15) is 24.4 Å². The van der Waals surface area contributed by atoms with Crippen LogP contribution < -0.4 is 0 Å². The van der Waals surface area contributed by atoms with E-state index in [0.717, 1.165) is 4.31 Å². The Hall–Kier alpha value is -2.29. The van der Waals surface area contributed by atoms with Gasteiger partial charge in [0.05, 0.1) is 5.75 Å². The average Bonchev–Trinajstić information content (AvgIpc) is 3.24. The molecule has 0 bridgehead atoms. The third-order valence-electron chi connectivity index (χ3n) is 4.51. The molecule has 2 atom stereocenters. The van der Waals surface area contributed by atoms with Gasteiger partial charge in [-0.3, -0.25) is 0 Å². The number of oxazole rings is 1. The van der Waals surface area contributed by atoms with Gasteiger partial charge in [-0.1, -0.05) is 42.5 Å². The number of fused-ring (bicyclic) bond motifs is 1. The summed E-state index contributed by atoms with van der Waals surface area (Å²) in [5.74, 6) is 0.187. The Labute approximate surface area is 156 Å². The Morgan fingerprint density at radius 2 is 1.85 bits per heavy atom. The summed E-state index contributed by atoms with van der Waals surface area (Å²) in [4.78, 5) is 4.28. The molecule has 0 spiro atoms. The minimum absolute atomic E-state index is 0.00760. The summed E-state index contributed by atoms with van der Waals surface area (Å²) in [6.45, 7) is -0.226. The first-order valence-electron chi connectivity index (χ1n) is 8.63. The normalized spacial score (nSPS) is 21.1. The lowest BCUT2D eigenvalue weighted by atomic mass is 10.2. The minimum Gasteiger partial charge on any atom is -0.438 e. The van der Waals surface area contributed by atoms with Crippen LogP contribution >= 0.6 is 0 Å². The maximum atomic E-state index is 14.3. The zero-order chi connectivity index (χ0) is 18.9. The summed E-state index contributed by atoms with van der Waals surface area (Å²) in [6, 6.07) is 16.1. The quantitative estimate of drug-likeness (QED) is 0.647. The van der Waals surface area contributed by atoms with Gasteiger partial charge < -0.3 is 9.15 Å². The van der Waals surface area contributed by atoms with E-state index in [2.05, 4.69) is 4.98 Å². The number of alkyl halides is 1. The molecule has 0 aliphatic carbocycles. The standard InChI is InChI=1S/C19H19FN2O4S/c20-15-10-22(27(23,24)13-14-6-2-1-3-7-14)11-18(15)25-12-19-21-16-8-4-5-9-17(16)26-19/h1-9,15,18H,10-13H2. The minimum atomic E-state index is -3.61. The largest absolute Gasteiger partial charge is 0.438 e. The van der Waals surface area contributed by atoms with Crippen LogP contribution in [-0.2, 0) is 27.1 Å². The van der Waals surface area contributed by atoms with E-state index in [9.17, 15) is 12.8 Å². The van der Waals surface area contributed by atoms with Crippen molar-refractivity contribution in [1.29, 1.82) is 0 Å². The van der Waals surface area contributed by atoms with Crippen LogP contribution in [0.25, 0.3) is 11.1 Å². The molecule has 3 aromatic rings. The lowest BCUT2D eigenvalue weighted by Gasteiger charge is -2.16. The van der Waals surface area contributed by atoms with Crippen molar-refractivity contribution in [2.75, 3.05) is 13.1 Å². The van der Waals surface area contributed by atoms with Gasteiger partial charge in [0.25, 0.3) is 0 Å². The highest BCUT2D eigenvalue weighted by Gasteiger charge is 2.39. The lowest BCUT2D eigenvalue weighted by Crippen LogP contribution is -2.31. The second kappa shape index (κ2) is 7.38. The Kier molecular flexibility index (Phi) is 4.94. The van der Waals surface area contributed by atoms with Crippen LogP contribution in [0.15, 0.2) is 59.0 Å². The van der Waals surface area contributed by atoms with Crippen molar-refractivity contribution in [3.63, 3.8) is 0 Å². The van der Waals surface area contributed by atoms with Gasteiger partial charge in [0.2, 0.25) is 15.9 Å². The van der Waals surface area contributed by atoms with Crippen molar-refractivity contribution in [1.82, 2.24) is 9.29 Å². The highest BCUT2D eigenvalue weighted by molar-refractivity contribution is 7.88. The smallest absolute Gasteiger partial charge is 0.221 e. The number of ether oxygens (including phenoxy) is 1. The number of nitrogens with zero attached hydrogens (tertiary/aromatic N) is 2. The highest BCUT2D eigenvalue weighted by Crippen LogP contribution is 2.24. The first-order chi connectivity index (χ1) is 13.0. The van der Waals surface area contributed by atoms with E-state index in [-0.39, 0.29) is 25.4 Å². The van der Waals surface area contributed by atoms with Crippen molar-refractivity contribution in [3.8, 4) is 0 Å². The maximum Gasteiger partial charge on any atom is 0.221 e. The van der Waals surface area contributed by atoms with Gasteiger partial charge in [-0.05, 0) is 17.7 Å². The molecule has 142 valence electrons. The third kappa shape index (κ3) is 4.02. The molecular weight excluding hydrogens is 371 g/mol. The zero-order valence-electron chi connectivity index (χ0n) is 14.5. The number of hydrogen-bond acceptors (Lipinski definition) is 5. The SMILES string of the molecule is O=S(=O)(Cc1ccccc1)N1CC(F)C(OCc2nc3ccccc3o2)C1. The first kappa shape index (κ1) is 18.1. The van der Waals surface area contributed by atoms with Gasteiger partial charge in [0.15, 0.2) is 5.58 Å². The number of halogens is 1. The fourth-order valence-electron chi connectivity index (χ4n) is 3.12. The fourth-order valence-corrected chi connectivity index (χ4v) is 4.66. The molecule has 1 aliphatic rings. The molecule has 1 aromatic heterocycles. The molecule has 8 heteroatoms.